The van der Waals surface area contributed by atoms with Crippen molar-refractivity contribution in [3.05, 3.63) is 0 Å². The van der Waals surface area contributed by atoms with Crippen LogP contribution in [-0.2, 0) is 0 Å². The van der Waals surface area contributed by atoms with Gasteiger partial charge in [0.25, 0.3) is 0 Å². The van der Waals surface area contributed by atoms with Gasteiger partial charge in [-0.2, -0.15) is 0 Å². The summed E-state index contributed by atoms with van der Waals surface area (Å²) in [7, 11) is 0. The van der Waals surface area contributed by atoms with E-state index in [4.69, 9.17) is 10.8 Å². The number of aliphatic hydroxyl groups is 1. The Morgan fingerprint density at radius 3 is 2.54 bits per heavy atom. The summed E-state index contributed by atoms with van der Waals surface area (Å²) in [6.07, 6.45) is 1.00. The van der Waals surface area contributed by atoms with Crippen molar-refractivity contribution in [2.75, 3.05) is 19.7 Å². The first-order chi connectivity index (χ1) is 5.95. The highest BCUT2D eigenvalue weighted by Gasteiger charge is 2.31. The van der Waals surface area contributed by atoms with E-state index in [0.717, 1.165) is 19.5 Å². The normalized spacial score (nSPS) is 32.1. The predicted octanol–water partition coefficient (Wildman–Crippen LogP) is 0.426. The summed E-state index contributed by atoms with van der Waals surface area (Å²) in [5.41, 5.74) is 6.11. The van der Waals surface area contributed by atoms with E-state index in [9.17, 15) is 0 Å². The summed E-state index contributed by atoms with van der Waals surface area (Å²) in [6.45, 7) is 8.82. The molecule has 0 aliphatic carbocycles. The van der Waals surface area contributed by atoms with Gasteiger partial charge < -0.3 is 10.8 Å². The van der Waals surface area contributed by atoms with E-state index in [2.05, 4.69) is 25.7 Å². The fraction of sp³-hybridized carbons (Fsp3) is 1.00. The van der Waals surface area contributed by atoms with E-state index in [1.807, 2.05) is 0 Å². The van der Waals surface area contributed by atoms with Crippen molar-refractivity contribution in [2.24, 2.45) is 11.7 Å². The minimum atomic E-state index is 0.184. The number of rotatable bonds is 1. The molecular weight excluding hydrogens is 164 g/mol. The molecule has 0 aromatic rings. The van der Waals surface area contributed by atoms with Gasteiger partial charge in [-0.15, -0.1) is 0 Å². The second kappa shape index (κ2) is 3.95. The lowest BCUT2D eigenvalue weighted by molar-refractivity contribution is 0.0449. The van der Waals surface area contributed by atoms with Gasteiger partial charge in [0.1, 0.15) is 0 Å². The summed E-state index contributed by atoms with van der Waals surface area (Å²) >= 11 is 0. The molecule has 1 aliphatic heterocycles. The Labute approximate surface area is 80.9 Å². The second-order valence-electron chi connectivity index (χ2n) is 5.01. The van der Waals surface area contributed by atoms with Gasteiger partial charge in [-0.3, -0.25) is 4.90 Å². The molecule has 0 amide bonds. The Balaban J connectivity index is 2.55. The van der Waals surface area contributed by atoms with Crippen LogP contribution < -0.4 is 5.73 Å². The molecule has 78 valence electrons. The Bertz CT molecular complexity index is 165. The fourth-order valence-electron chi connectivity index (χ4n) is 1.85. The van der Waals surface area contributed by atoms with E-state index in [1.54, 1.807) is 0 Å². The number of piperidine rings is 1. The third-order valence-electron chi connectivity index (χ3n) is 2.98. The van der Waals surface area contributed by atoms with Gasteiger partial charge in [-0.1, -0.05) is 0 Å². The van der Waals surface area contributed by atoms with E-state index in [1.165, 1.54) is 0 Å². The van der Waals surface area contributed by atoms with Gasteiger partial charge >= 0.3 is 0 Å². The maximum absolute atomic E-state index is 9.14. The summed E-state index contributed by atoms with van der Waals surface area (Å²) in [4.78, 5) is 2.40. The summed E-state index contributed by atoms with van der Waals surface area (Å²) < 4.78 is 0. The van der Waals surface area contributed by atoms with Gasteiger partial charge in [0.2, 0.25) is 0 Å². The zero-order chi connectivity index (χ0) is 10.1. The molecule has 0 aromatic carbocycles. The van der Waals surface area contributed by atoms with Crippen molar-refractivity contribution in [2.45, 2.75) is 38.8 Å². The zero-order valence-electron chi connectivity index (χ0n) is 8.95. The summed E-state index contributed by atoms with van der Waals surface area (Å²) in [5, 5.41) is 9.14. The van der Waals surface area contributed by atoms with Crippen LogP contribution in [0.15, 0.2) is 0 Å². The fourth-order valence-corrected chi connectivity index (χ4v) is 1.85. The van der Waals surface area contributed by atoms with Gasteiger partial charge in [0.05, 0.1) is 0 Å². The Hall–Kier alpha value is -0.120. The lowest BCUT2D eigenvalue weighted by Gasteiger charge is -2.43. The lowest BCUT2D eigenvalue weighted by atomic mass is 9.90. The van der Waals surface area contributed by atoms with E-state index in [-0.39, 0.29) is 24.1 Å². The first-order valence-corrected chi connectivity index (χ1v) is 5.06. The SMILES string of the molecule is CC(C)(C)N1CCC(N)C(CO)C1. The number of hydrogen-bond donors (Lipinski definition) is 2. The molecule has 1 fully saturated rings. The van der Waals surface area contributed by atoms with Crippen LogP contribution in [-0.4, -0.2) is 41.3 Å². The first-order valence-electron chi connectivity index (χ1n) is 5.06. The third-order valence-corrected chi connectivity index (χ3v) is 2.98. The molecule has 0 bridgehead atoms. The molecule has 13 heavy (non-hydrogen) atoms. The first kappa shape index (κ1) is 11.0. The molecule has 3 N–H and O–H groups in total. The number of nitrogens with two attached hydrogens (primary N) is 1. The Morgan fingerprint density at radius 2 is 2.08 bits per heavy atom. The van der Waals surface area contributed by atoms with Crippen LogP contribution in [0, 0.1) is 5.92 Å². The highest BCUT2D eigenvalue weighted by atomic mass is 16.3. The van der Waals surface area contributed by atoms with Crippen molar-refractivity contribution in [3.8, 4) is 0 Å². The van der Waals surface area contributed by atoms with Crippen LogP contribution in [0.5, 0.6) is 0 Å². The molecule has 2 atom stereocenters. The van der Waals surface area contributed by atoms with Crippen molar-refractivity contribution in [1.82, 2.24) is 4.90 Å². The molecule has 3 heteroatoms. The number of nitrogens with zero attached hydrogens (tertiary/aromatic N) is 1. The highest BCUT2D eigenvalue weighted by Crippen LogP contribution is 2.22. The molecule has 3 nitrogen and oxygen atoms in total. The Morgan fingerprint density at radius 1 is 1.46 bits per heavy atom. The average Bonchev–Trinajstić information content (AvgIpc) is 2.03. The van der Waals surface area contributed by atoms with Crippen LogP contribution in [0.1, 0.15) is 27.2 Å². The van der Waals surface area contributed by atoms with Crippen molar-refractivity contribution < 1.29 is 5.11 Å². The topological polar surface area (TPSA) is 49.5 Å². The van der Waals surface area contributed by atoms with Crippen molar-refractivity contribution >= 4 is 0 Å². The minimum absolute atomic E-state index is 0.184. The monoisotopic (exact) mass is 186 g/mol. The summed E-state index contributed by atoms with van der Waals surface area (Å²) in [6, 6.07) is 0.184. The average molecular weight is 186 g/mol. The molecule has 1 heterocycles. The molecule has 1 saturated heterocycles. The molecule has 1 aliphatic rings. The standard InChI is InChI=1S/C10H22N2O/c1-10(2,3)12-5-4-9(11)8(6-12)7-13/h8-9,13H,4-7,11H2,1-3H3. The second-order valence-corrected chi connectivity index (χ2v) is 5.01. The quantitative estimate of drug-likeness (QED) is 0.624. The molecule has 2 unspecified atom stereocenters. The maximum Gasteiger partial charge on any atom is 0.0486 e. The molecule has 0 aromatic heterocycles. The predicted molar refractivity (Wildman–Crippen MR) is 54.5 cm³/mol. The zero-order valence-corrected chi connectivity index (χ0v) is 8.95. The smallest absolute Gasteiger partial charge is 0.0486 e. The van der Waals surface area contributed by atoms with Crippen LogP contribution in [0.3, 0.4) is 0 Å². The van der Waals surface area contributed by atoms with Crippen LogP contribution >= 0.6 is 0 Å². The third kappa shape index (κ3) is 2.66. The molecule has 1 rings (SSSR count). The van der Waals surface area contributed by atoms with Gasteiger partial charge in [-0.05, 0) is 27.2 Å². The maximum atomic E-state index is 9.14. The van der Waals surface area contributed by atoms with Gasteiger partial charge in [0, 0.05) is 37.2 Å². The largest absolute Gasteiger partial charge is 0.396 e. The van der Waals surface area contributed by atoms with E-state index in [0.29, 0.717) is 0 Å². The minimum Gasteiger partial charge on any atom is -0.396 e. The van der Waals surface area contributed by atoms with E-state index >= 15 is 0 Å². The van der Waals surface area contributed by atoms with E-state index < -0.39 is 0 Å². The van der Waals surface area contributed by atoms with Crippen LogP contribution in [0.2, 0.25) is 0 Å². The van der Waals surface area contributed by atoms with Crippen molar-refractivity contribution in [1.29, 1.82) is 0 Å². The van der Waals surface area contributed by atoms with Crippen LogP contribution in [0.25, 0.3) is 0 Å². The Kier molecular flexibility index (Phi) is 3.33. The number of likely N-dealkylation sites (tertiary alicyclic amines) is 1. The van der Waals surface area contributed by atoms with Gasteiger partial charge in [-0.25, -0.2) is 0 Å². The van der Waals surface area contributed by atoms with Gasteiger partial charge in [0.15, 0.2) is 0 Å². The summed E-state index contributed by atoms with van der Waals surface area (Å²) in [5.74, 6) is 0.257. The molecular formula is C10H22N2O. The lowest BCUT2D eigenvalue weighted by Crippen LogP contribution is -2.54. The van der Waals surface area contributed by atoms with Crippen LogP contribution in [0.4, 0.5) is 0 Å². The van der Waals surface area contributed by atoms with Crippen molar-refractivity contribution in [3.63, 3.8) is 0 Å². The molecule has 0 radical (unpaired) electrons. The molecule has 0 spiro atoms. The number of hydrogen-bond acceptors (Lipinski definition) is 3. The highest BCUT2D eigenvalue weighted by molar-refractivity contribution is 4.87. The molecule has 0 saturated carbocycles. The number of aliphatic hydroxyl groups excluding tert-OH is 1.